The molecular weight excluding hydrogens is 421 g/mol. The highest BCUT2D eigenvalue weighted by Gasteiger charge is 2.32. The first kappa shape index (κ1) is 21.3. The fourth-order valence-corrected chi connectivity index (χ4v) is 4.82. The molecule has 0 bridgehead atoms. The van der Waals surface area contributed by atoms with Gasteiger partial charge in [0.05, 0.1) is 10.6 Å². The summed E-state index contributed by atoms with van der Waals surface area (Å²) in [5.74, 6) is -0.542. The lowest BCUT2D eigenvalue weighted by Gasteiger charge is -2.38. The molecule has 1 aliphatic heterocycles. The third-order valence-electron chi connectivity index (χ3n) is 5.86. The molecule has 0 spiro atoms. The number of amides is 2. The van der Waals surface area contributed by atoms with E-state index >= 15 is 0 Å². The van der Waals surface area contributed by atoms with Crippen LogP contribution in [-0.2, 0) is 14.8 Å². The number of para-hydroxylation sites is 1. The predicted octanol–water partition coefficient (Wildman–Crippen LogP) is 2.71. The van der Waals surface area contributed by atoms with Gasteiger partial charge in [0.2, 0.25) is 5.91 Å². The molecule has 2 amide bonds. The molecule has 1 N–H and O–H groups in total. The number of nitrogens with zero attached hydrogens (tertiary/aromatic N) is 2. The molecule has 31 heavy (non-hydrogen) atoms. The highest BCUT2D eigenvalue weighted by atomic mass is 32.2. The quantitative estimate of drug-likeness (QED) is 0.767. The largest absolute Gasteiger partial charge is 0.339 e. The first-order valence-electron chi connectivity index (χ1n) is 10.3. The van der Waals surface area contributed by atoms with Crippen LogP contribution in [0, 0.1) is 11.7 Å². The van der Waals surface area contributed by atoms with Gasteiger partial charge in [-0.25, -0.2) is 12.8 Å². The smallest absolute Gasteiger partial charge is 0.261 e. The van der Waals surface area contributed by atoms with Crippen LogP contribution in [0.4, 0.5) is 10.1 Å². The molecule has 1 aliphatic carbocycles. The summed E-state index contributed by atoms with van der Waals surface area (Å²) in [6.07, 6.45) is 3.02. The number of carbonyl (C=O) groups is 2. The minimum absolute atomic E-state index is 0.0665. The maximum absolute atomic E-state index is 13.8. The van der Waals surface area contributed by atoms with Gasteiger partial charge in [-0.3, -0.25) is 14.3 Å². The van der Waals surface area contributed by atoms with E-state index in [2.05, 4.69) is 4.72 Å². The second kappa shape index (κ2) is 8.66. The van der Waals surface area contributed by atoms with Gasteiger partial charge in [0.25, 0.3) is 15.9 Å². The number of rotatable bonds is 5. The van der Waals surface area contributed by atoms with Gasteiger partial charge in [-0.2, -0.15) is 0 Å². The molecule has 2 aliphatic rings. The molecule has 2 aromatic rings. The SMILES string of the molecule is O=C(c1ccc(S(=O)(=O)Nc2ccccc2F)cc1)N1CCN(C(=O)C2CCC2)CC1. The van der Waals surface area contributed by atoms with E-state index in [1.807, 2.05) is 4.90 Å². The number of piperazine rings is 1. The minimum Gasteiger partial charge on any atom is -0.339 e. The Balaban J connectivity index is 1.38. The number of benzene rings is 2. The second-order valence-electron chi connectivity index (χ2n) is 7.86. The lowest BCUT2D eigenvalue weighted by Crippen LogP contribution is -2.52. The molecule has 1 saturated carbocycles. The number of sulfonamides is 1. The first-order valence-corrected chi connectivity index (χ1v) is 11.8. The Bertz CT molecular complexity index is 1080. The Hall–Kier alpha value is -2.94. The van der Waals surface area contributed by atoms with Gasteiger partial charge in [0, 0.05) is 37.7 Å². The highest BCUT2D eigenvalue weighted by Crippen LogP contribution is 2.28. The Morgan fingerprint density at radius 1 is 0.903 bits per heavy atom. The van der Waals surface area contributed by atoms with Crippen molar-refractivity contribution < 1.29 is 22.4 Å². The molecule has 7 nitrogen and oxygen atoms in total. The maximum atomic E-state index is 13.8. The van der Waals surface area contributed by atoms with Crippen molar-refractivity contribution in [2.75, 3.05) is 30.9 Å². The van der Waals surface area contributed by atoms with E-state index in [1.165, 1.54) is 48.5 Å². The fraction of sp³-hybridized carbons (Fsp3) is 0.364. The van der Waals surface area contributed by atoms with Crippen LogP contribution < -0.4 is 4.72 Å². The number of anilines is 1. The van der Waals surface area contributed by atoms with E-state index < -0.39 is 15.8 Å². The topological polar surface area (TPSA) is 86.8 Å². The zero-order valence-electron chi connectivity index (χ0n) is 17.0. The van der Waals surface area contributed by atoms with Crippen molar-refractivity contribution in [2.45, 2.75) is 24.2 Å². The maximum Gasteiger partial charge on any atom is 0.261 e. The van der Waals surface area contributed by atoms with Gasteiger partial charge in [-0.1, -0.05) is 18.6 Å². The van der Waals surface area contributed by atoms with Crippen LogP contribution in [0.25, 0.3) is 0 Å². The minimum atomic E-state index is -3.98. The van der Waals surface area contributed by atoms with Crippen LogP contribution in [-0.4, -0.2) is 56.2 Å². The molecular formula is C22H24FN3O4S. The van der Waals surface area contributed by atoms with Crippen LogP contribution in [0.2, 0.25) is 0 Å². The molecule has 1 saturated heterocycles. The third-order valence-corrected chi connectivity index (χ3v) is 7.24. The average molecular weight is 446 g/mol. The molecule has 0 aromatic heterocycles. The molecule has 2 fully saturated rings. The van der Waals surface area contributed by atoms with E-state index in [1.54, 1.807) is 4.90 Å². The van der Waals surface area contributed by atoms with Gasteiger partial charge in [0.1, 0.15) is 5.82 Å². The van der Waals surface area contributed by atoms with Gasteiger partial charge in [-0.15, -0.1) is 0 Å². The second-order valence-corrected chi connectivity index (χ2v) is 9.54. The Morgan fingerprint density at radius 3 is 2.10 bits per heavy atom. The van der Waals surface area contributed by atoms with E-state index in [0.29, 0.717) is 31.7 Å². The van der Waals surface area contributed by atoms with Crippen molar-refractivity contribution in [3.8, 4) is 0 Å². The Kier molecular flexibility index (Phi) is 5.95. The first-order chi connectivity index (χ1) is 14.8. The normalized spacial score (nSPS) is 17.2. The molecule has 9 heteroatoms. The Morgan fingerprint density at radius 2 is 1.52 bits per heavy atom. The van der Waals surface area contributed by atoms with E-state index in [-0.39, 0.29) is 28.3 Å². The predicted molar refractivity (Wildman–Crippen MR) is 113 cm³/mol. The molecule has 0 unspecified atom stereocenters. The number of halogens is 1. The lowest BCUT2D eigenvalue weighted by atomic mass is 9.84. The summed E-state index contributed by atoms with van der Waals surface area (Å²) in [6.45, 7) is 1.93. The van der Waals surface area contributed by atoms with Crippen molar-refractivity contribution in [3.05, 3.63) is 59.9 Å². The lowest BCUT2D eigenvalue weighted by molar-refractivity contribution is -0.139. The van der Waals surface area contributed by atoms with Gasteiger partial charge in [-0.05, 0) is 49.2 Å². The number of nitrogens with one attached hydrogen (secondary N) is 1. The van der Waals surface area contributed by atoms with E-state index in [4.69, 9.17) is 0 Å². The third kappa shape index (κ3) is 4.56. The van der Waals surface area contributed by atoms with Gasteiger partial charge in [0.15, 0.2) is 0 Å². The number of carbonyl (C=O) groups excluding carboxylic acids is 2. The van der Waals surface area contributed by atoms with Crippen LogP contribution >= 0.6 is 0 Å². The molecule has 2 aromatic carbocycles. The summed E-state index contributed by atoms with van der Waals surface area (Å²) in [4.78, 5) is 28.6. The standard InChI is InChI=1S/C22H24FN3O4S/c23-19-6-1-2-7-20(19)24-31(29,30)18-10-8-17(9-11-18)22(28)26-14-12-25(13-15-26)21(27)16-4-3-5-16/h1-2,6-11,16,24H,3-5,12-15H2. The molecule has 164 valence electrons. The van der Waals surface area contributed by atoms with Crippen LogP contribution in [0.15, 0.2) is 53.4 Å². The van der Waals surface area contributed by atoms with Gasteiger partial charge >= 0.3 is 0 Å². The molecule has 4 rings (SSSR count). The monoisotopic (exact) mass is 445 g/mol. The molecule has 0 radical (unpaired) electrons. The highest BCUT2D eigenvalue weighted by molar-refractivity contribution is 7.92. The summed E-state index contributed by atoms with van der Waals surface area (Å²) in [5, 5.41) is 0. The van der Waals surface area contributed by atoms with Crippen molar-refractivity contribution in [1.82, 2.24) is 9.80 Å². The Labute approximate surface area is 180 Å². The number of hydrogen-bond acceptors (Lipinski definition) is 4. The van der Waals surface area contributed by atoms with Crippen LogP contribution in [0.1, 0.15) is 29.6 Å². The van der Waals surface area contributed by atoms with E-state index in [9.17, 15) is 22.4 Å². The van der Waals surface area contributed by atoms with Crippen molar-refractivity contribution in [1.29, 1.82) is 0 Å². The van der Waals surface area contributed by atoms with Crippen LogP contribution in [0.3, 0.4) is 0 Å². The van der Waals surface area contributed by atoms with Crippen molar-refractivity contribution in [2.24, 2.45) is 5.92 Å². The summed E-state index contributed by atoms with van der Waals surface area (Å²) in [5.41, 5.74) is 0.223. The summed E-state index contributed by atoms with van der Waals surface area (Å²) >= 11 is 0. The average Bonchev–Trinajstić information content (AvgIpc) is 2.74. The van der Waals surface area contributed by atoms with E-state index in [0.717, 1.165) is 19.3 Å². The zero-order chi connectivity index (χ0) is 22.0. The molecule has 1 heterocycles. The summed E-state index contributed by atoms with van der Waals surface area (Å²) in [6, 6.07) is 11.0. The number of hydrogen-bond donors (Lipinski definition) is 1. The fourth-order valence-electron chi connectivity index (χ4n) is 3.75. The van der Waals surface area contributed by atoms with Crippen molar-refractivity contribution in [3.63, 3.8) is 0 Å². The summed E-state index contributed by atoms with van der Waals surface area (Å²) < 4.78 is 41.0. The molecule has 0 atom stereocenters. The van der Waals surface area contributed by atoms with Crippen LogP contribution in [0.5, 0.6) is 0 Å². The summed E-state index contributed by atoms with van der Waals surface area (Å²) in [7, 11) is -3.98. The zero-order valence-corrected chi connectivity index (χ0v) is 17.8. The van der Waals surface area contributed by atoms with Crippen molar-refractivity contribution >= 4 is 27.5 Å². The van der Waals surface area contributed by atoms with Gasteiger partial charge < -0.3 is 9.80 Å².